The number of hydrogen-bond donors (Lipinski definition) is 0. The standard InChI is InChI=1S/C8H12N2/c1-2-10-6-4-3-5-8(10)7-9/h3-4,8H,2,5-6H2,1H3/t8-/m1/s1. The summed E-state index contributed by atoms with van der Waals surface area (Å²) >= 11 is 0. The molecule has 0 aliphatic carbocycles. The normalized spacial score (nSPS) is 26.2. The fourth-order valence-corrected chi connectivity index (χ4v) is 1.20. The SMILES string of the molecule is CCN1CC=CC[C@@H]1C#N. The highest BCUT2D eigenvalue weighted by Crippen LogP contribution is 2.08. The highest BCUT2D eigenvalue weighted by Gasteiger charge is 2.15. The Hall–Kier alpha value is -0.810. The molecule has 2 heteroatoms. The number of rotatable bonds is 1. The zero-order chi connectivity index (χ0) is 7.40. The Balaban J connectivity index is 2.55. The minimum atomic E-state index is 0.120. The van der Waals surface area contributed by atoms with Crippen LogP contribution < -0.4 is 0 Å². The first-order valence-corrected chi connectivity index (χ1v) is 3.67. The van der Waals surface area contributed by atoms with Gasteiger partial charge in [-0.2, -0.15) is 5.26 Å². The fourth-order valence-electron chi connectivity index (χ4n) is 1.20. The van der Waals surface area contributed by atoms with E-state index in [0.29, 0.717) is 0 Å². The van der Waals surface area contributed by atoms with E-state index in [0.717, 1.165) is 19.5 Å². The lowest BCUT2D eigenvalue weighted by Gasteiger charge is -2.26. The molecule has 2 nitrogen and oxygen atoms in total. The molecular weight excluding hydrogens is 124 g/mol. The van der Waals surface area contributed by atoms with Crippen LogP contribution >= 0.6 is 0 Å². The van der Waals surface area contributed by atoms with Crippen LogP contribution in [0.25, 0.3) is 0 Å². The Labute approximate surface area is 61.8 Å². The average Bonchev–Trinajstić information content (AvgIpc) is 2.04. The molecule has 0 N–H and O–H groups in total. The first-order valence-electron chi connectivity index (χ1n) is 3.67. The van der Waals surface area contributed by atoms with Crippen LogP contribution in [0.1, 0.15) is 13.3 Å². The van der Waals surface area contributed by atoms with Crippen LogP contribution in [0, 0.1) is 11.3 Å². The van der Waals surface area contributed by atoms with Crippen LogP contribution in [0.15, 0.2) is 12.2 Å². The molecule has 0 spiro atoms. The topological polar surface area (TPSA) is 27.0 Å². The van der Waals surface area contributed by atoms with Gasteiger partial charge in [-0.3, -0.25) is 4.90 Å². The summed E-state index contributed by atoms with van der Waals surface area (Å²) in [5, 5.41) is 8.67. The Bertz CT molecular complexity index is 167. The molecule has 1 aliphatic rings. The molecule has 0 aromatic carbocycles. The monoisotopic (exact) mass is 136 g/mol. The van der Waals surface area contributed by atoms with Crippen LogP contribution in [0.2, 0.25) is 0 Å². The number of nitriles is 1. The molecule has 0 radical (unpaired) electrons. The molecule has 10 heavy (non-hydrogen) atoms. The van der Waals surface area contributed by atoms with Crippen molar-refractivity contribution in [1.29, 1.82) is 5.26 Å². The summed E-state index contributed by atoms with van der Waals surface area (Å²) < 4.78 is 0. The summed E-state index contributed by atoms with van der Waals surface area (Å²) in [5.74, 6) is 0. The minimum absolute atomic E-state index is 0.120. The van der Waals surface area contributed by atoms with Gasteiger partial charge in [0.05, 0.1) is 6.07 Å². The van der Waals surface area contributed by atoms with Gasteiger partial charge >= 0.3 is 0 Å². The summed E-state index contributed by atoms with van der Waals surface area (Å²) in [6, 6.07) is 2.40. The molecule has 0 unspecified atom stereocenters. The average molecular weight is 136 g/mol. The van der Waals surface area contributed by atoms with Gasteiger partial charge in [0, 0.05) is 6.54 Å². The Kier molecular flexibility index (Phi) is 2.47. The van der Waals surface area contributed by atoms with Crippen LogP contribution in [0.4, 0.5) is 0 Å². The largest absolute Gasteiger partial charge is 0.284 e. The number of hydrogen-bond acceptors (Lipinski definition) is 2. The third-order valence-corrected chi connectivity index (χ3v) is 1.86. The molecule has 0 aromatic rings. The van der Waals surface area contributed by atoms with Crippen LogP contribution in [-0.2, 0) is 0 Å². The second-order valence-electron chi connectivity index (χ2n) is 2.44. The molecule has 0 bridgehead atoms. The van der Waals surface area contributed by atoms with Crippen LogP contribution in [0.3, 0.4) is 0 Å². The van der Waals surface area contributed by atoms with Crippen molar-refractivity contribution in [2.75, 3.05) is 13.1 Å². The predicted molar refractivity (Wildman–Crippen MR) is 40.4 cm³/mol. The molecule has 1 aliphatic heterocycles. The zero-order valence-corrected chi connectivity index (χ0v) is 6.25. The van der Waals surface area contributed by atoms with Crippen LogP contribution in [0.5, 0.6) is 0 Å². The van der Waals surface area contributed by atoms with Crippen molar-refractivity contribution in [1.82, 2.24) is 4.90 Å². The lowest BCUT2D eigenvalue weighted by molar-refractivity contribution is 0.263. The molecule has 0 aromatic heterocycles. The van der Waals surface area contributed by atoms with Gasteiger partial charge in [-0.25, -0.2) is 0 Å². The molecule has 0 fully saturated rings. The number of nitrogens with zero attached hydrogens (tertiary/aromatic N) is 2. The van der Waals surface area contributed by atoms with Crippen molar-refractivity contribution in [2.45, 2.75) is 19.4 Å². The molecule has 0 saturated carbocycles. The lowest BCUT2D eigenvalue weighted by Crippen LogP contribution is -2.35. The molecule has 54 valence electrons. The first-order chi connectivity index (χ1) is 4.88. The van der Waals surface area contributed by atoms with Gasteiger partial charge in [0.15, 0.2) is 0 Å². The summed E-state index contributed by atoms with van der Waals surface area (Å²) in [5.41, 5.74) is 0. The van der Waals surface area contributed by atoms with Gasteiger partial charge in [0.1, 0.15) is 6.04 Å². The molecule has 0 amide bonds. The van der Waals surface area contributed by atoms with Crippen molar-refractivity contribution in [2.24, 2.45) is 0 Å². The van der Waals surface area contributed by atoms with E-state index in [2.05, 4.69) is 30.0 Å². The van der Waals surface area contributed by atoms with E-state index in [1.165, 1.54) is 0 Å². The quantitative estimate of drug-likeness (QED) is 0.506. The summed E-state index contributed by atoms with van der Waals surface area (Å²) in [6.07, 6.45) is 5.10. The van der Waals surface area contributed by atoms with Gasteiger partial charge < -0.3 is 0 Å². The Morgan fingerprint density at radius 2 is 2.50 bits per heavy atom. The van der Waals surface area contributed by atoms with E-state index in [9.17, 15) is 0 Å². The van der Waals surface area contributed by atoms with Gasteiger partial charge in [0.2, 0.25) is 0 Å². The molecule has 1 heterocycles. The van der Waals surface area contributed by atoms with Crippen molar-refractivity contribution in [3.05, 3.63) is 12.2 Å². The molecule has 0 saturated heterocycles. The lowest BCUT2D eigenvalue weighted by atomic mass is 10.1. The molecular formula is C8H12N2. The second kappa shape index (κ2) is 3.38. The first kappa shape index (κ1) is 7.30. The second-order valence-corrected chi connectivity index (χ2v) is 2.44. The van der Waals surface area contributed by atoms with Crippen molar-refractivity contribution in [3.8, 4) is 6.07 Å². The summed E-state index contributed by atoms with van der Waals surface area (Å²) in [4.78, 5) is 2.17. The van der Waals surface area contributed by atoms with Crippen LogP contribution in [-0.4, -0.2) is 24.0 Å². The Morgan fingerprint density at radius 3 is 3.00 bits per heavy atom. The predicted octanol–water partition coefficient (Wildman–Crippen LogP) is 1.16. The zero-order valence-electron chi connectivity index (χ0n) is 6.25. The van der Waals surface area contributed by atoms with Gasteiger partial charge in [0.25, 0.3) is 0 Å². The van der Waals surface area contributed by atoms with Crippen molar-refractivity contribution in [3.63, 3.8) is 0 Å². The van der Waals surface area contributed by atoms with Crippen molar-refractivity contribution < 1.29 is 0 Å². The fraction of sp³-hybridized carbons (Fsp3) is 0.625. The van der Waals surface area contributed by atoms with E-state index in [-0.39, 0.29) is 6.04 Å². The highest BCUT2D eigenvalue weighted by molar-refractivity contribution is 5.04. The maximum atomic E-state index is 8.67. The maximum Gasteiger partial charge on any atom is 0.101 e. The third kappa shape index (κ3) is 1.37. The van der Waals surface area contributed by atoms with Gasteiger partial charge in [-0.05, 0) is 13.0 Å². The third-order valence-electron chi connectivity index (χ3n) is 1.86. The molecule has 1 rings (SSSR count). The van der Waals surface area contributed by atoms with E-state index in [1.807, 2.05) is 0 Å². The van der Waals surface area contributed by atoms with E-state index in [1.54, 1.807) is 0 Å². The Morgan fingerprint density at radius 1 is 1.70 bits per heavy atom. The van der Waals surface area contributed by atoms with E-state index < -0.39 is 0 Å². The smallest absolute Gasteiger partial charge is 0.101 e. The maximum absolute atomic E-state index is 8.67. The molecule has 1 atom stereocenters. The highest BCUT2D eigenvalue weighted by atomic mass is 15.1. The van der Waals surface area contributed by atoms with Crippen molar-refractivity contribution >= 4 is 0 Å². The number of likely N-dealkylation sites (N-methyl/N-ethyl adjacent to an activating group) is 1. The van der Waals surface area contributed by atoms with Gasteiger partial charge in [-0.1, -0.05) is 19.1 Å². The van der Waals surface area contributed by atoms with Gasteiger partial charge in [-0.15, -0.1) is 0 Å². The summed E-state index contributed by atoms with van der Waals surface area (Å²) in [6.45, 7) is 4.00. The summed E-state index contributed by atoms with van der Waals surface area (Å²) in [7, 11) is 0. The minimum Gasteiger partial charge on any atom is -0.284 e. The van der Waals surface area contributed by atoms with E-state index in [4.69, 9.17) is 5.26 Å². The van der Waals surface area contributed by atoms with E-state index >= 15 is 0 Å².